The third kappa shape index (κ3) is 9.10. The first-order valence-corrected chi connectivity index (χ1v) is 0. The van der Waals surface area contributed by atoms with Gasteiger partial charge in [-0.3, -0.25) is 0 Å². The molecule has 9 radical (unpaired) electrons. The molecule has 27 valence electrons. The van der Waals surface area contributed by atoms with E-state index in [0.29, 0.717) is 0 Å². The standard InChI is InChI=1S/Cu.H2S.Si.Sn/h;1H2;;. The van der Waals surface area contributed by atoms with Gasteiger partial charge in [-0.2, -0.15) is 13.5 Å². The fourth-order valence-corrected chi connectivity index (χ4v) is 0. The Labute approximate surface area is 65.0 Å². The molecule has 0 saturated carbocycles. The van der Waals surface area contributed by atoms with Gasteiger partial charge in [-0.1, -0.05) is 0 Å². The zero-order valence-electron chi connectivity index (χ0n) is 1.80. The molecule has 0 bridgehead atoms. The number of hydrogen-bond acceptors (Lipinski definition) is 0. The van der Waals surface area contributed by atoms with Crippen molar-refractivity contribution in [3.63, 3.8) is 0 Å². The molecular weight excluding hydrogens is 242 g/mol. The monoisotopic (exact) mass is 245 g/mol. The van der Waals surface area contributed by atoms with Gasteiger partial charge in [0.1, 0.15) is 0 Å². The Kier molecular flexibility index (Phi) is 205. The van der Waals surface area contributed by atoms with Crippen LogP contribution in [0.2, 0.25) is 0 Å². The van der Waals surface area contributed by atoms with Crippen molar-refractivity contribution in [3.05, 3.63) is 0 Å². The summed E-state index contributed by atoms with van der Waals surface area (Å²) in [5, 5.41) is 0. The SMILES string of the molecule is S.[Cu].[Si].[Sn]. The van der Waals surface area contributed by atoms with Crippen LogP contribution in [0.5, 0.6) is 0 Å². The van der Waals surface area contributed by atoms with E-state index in [1.165, 1.54) is 0 Å². The van der Waals surface area contributed by atoms with E-state index in [0.717, 1.165) is 0 Å². The molecule has 0 aromatic heterocycles. The van der Waals surface area contributed by atoms with Gasteiger partial charge in [0.25, 0.3) is 0 Å². The van der Waals surface area contributed by atoms with Crippen LogP contribution >= 0.6 is 13.5 Å². The molecule has 4 heavy (non-hydrogen) atoms. The van der Waals surface area contributed by atoms with E-state index in [4.69, 9.17) is 0 Å². The summed E-state index contributed by atoms with van der Waals surface area (Å²) in [6, 6.07) is 0. The van der Waals surface area contributed by atoms with Crippen molar-refractivity contribution in [2.45, 2.75) is 0 Å². The molecule has 0 unspecified atom stereocenters. The van der Waals surface area contributed by atoms with Gasteiger partial charge in [0.15, 0.2) is 0 Å². The van der Waals surface area contributed by atoms with Gasteiger partial charge >= 0.3 is 0 Å². The van der Waals surface area contributed by atoms with Gasteiger partial charge in [0, 0.05) is 51.9 Å². The predicted molar refractivity (Wildman–Crippen MR) is 21.9 cm³/mol. The van der Waals surface area contributed by atoms with Crippen molar-refractivity contribution in [2.75, 3.05) is 0 Å². The zero-order chi connectivity index (χ0) is 0. The van der Waals surface area contributed by atoms with Crippen molar-refractivity contribution >= 4 is 48.4 Å². The van der Waals surface area contributed by atoms with E-state index in [-0.39, 0.29) is 65.4 Å². The molecule has 0 saturated heterocycles. The van der Waals surface area contributed by atoms with Gasteiger partial charge < -0.3 is 0 Å². The maximum atomic E-state index is 0. The molecule has 0 spiro atoms. The largest absolute Gasteiger partial charge is 0.197 e. The fourth-order valence-electron chi connectivity index (χ4n) is 0. The van der Waals surface area contributed by atoms with E-state index in [2.05, 4.69) is 0 Å². The molecule has 0 aliphatic carbocycles. The summed E-state index contributed by atoms with van der Waals surface area (Å²) >= 11 is 0. The summed E-state index contributed by atoms with van der Waals surface area (Å²) in [7, 11) is 0. The van der Waals surface area contributed by atoms with Crippen LogP contribution in [0.25, 0.3) is 0 Å². The van der Waals surface area contributed by atoms with Crippen LogP contribution in [0.4, 0.5) is 0 Å². The summed E-state index contributed by atoms with van der Waals surface area (Å²) in [6.07, 6.45) is 0. The second-order valence-corrected chi connectivity index (χ2v) is 0. The second-order valence-electron chi connectivity index (χ2n) is 0. The Morgan fingerprint density at radius 1 is 1.00 bits per heavy atom. The topological polar surface area (TPSA) is 0 Å². The molecule has 0 aliphatic rings. The normalized spacial score (nSPS) is 0. The molecule has 0 N–H and O–H groups in total. The molecule has 0 aliphatic heterocycles. The Bertz CT molecular complexity index is 8.00. The molecule has 0 aromatic carbocycles. The molecule has 0 amide bonds. The van der Waals surface area contributed by atoms with Gasteiger partial charge in [-0.25, -0.2) is 0 Å². The summed E-state index contributed by atoms with van der Waals surface area (Å²) in [5.41, 5.74) is 0. The zero-order valence-corrected chi connectivity index (χ0v) is 7.60. The average Bonchev–Trinajstić information content (AvgIpc) is 0. The average molecular weight is 244 g/mol. The van der Waals surface area contributed by atoms with Gasteiger partial charge in [-0.05, 0) is 0 Å². The van der Waals surface area contributed by atoms with Gasteiger partial charge in [-0.15, -0.1) is 0 Å². The number of rotatable bonds is 0. The molecule has 0 heterocycles. The van der Waals surface area contributed by atoms with Crippen LogP contribution < -0.4 is 0 Å². The van der Waals surface area contributed by atoms with Crippen molar-refractivity contribution in [3.8, 4) is 0 Å². The van der Waals surface area contributed by atoms with Crippen molar-refractivity contribution in [1.82, 2.24) is 0 Å². The Morgan fingerprint density at radius 2 is 1.00 bits per heavy atom. The van der Waals surface area contributed by atoms with Crippen molar-refractivity contribution in [2.24, 2.45) is 0 Å². The van der Waals surface area contributed by atoms with Crippen molar-refractivity contribution in [1.29, 1.82) is 0 Å². The third-order valence-corrected chi connectivity index (χ3v) is 0. The van der Waals surface area contributed by atoms with Crippen LogP contribution in [0.3, 0.4) is 0 Å². The third-order valence-electron chi connectivity index (χ3n) is 0. The molecule has 0 nitrogen and oxygen atoms in total. The van der Waals surface area contributed by atoms with E-state index in [1.807, 2.05) is 0 Å². The minimum atomic E-state index is 0. The maximum absolute atomic E-state index is 0. The Hall–Kier alpha value is 1.89. The van der Waals surface area contributed by atoms with Crippen LogP contribution in [0.1, 0.15) is 0 Å². The van der Waals surface area contributed by atoms with E-state index >= 15 is 0 Å². The minimum absolute atomic E-state index is 0. The Balaban J connectivity index is 0. The maximum Gasteiger partial charge on any atom is 0 e. The smallest absolute Gasteiger partial charge is 0 e. The summed E-state index contributed by atoms with van der Waals surface area (Å²) < 4.78 is 0. The summed E-state index contributed by atoms with van der Waals surface area (Å²) in [4.78, 5) is 0. The quantitative estimate of drug-likeness (QED) is 0.497. The first kappa shape index (κ1) is 39.5. The second kappa shape index (κ2) is 20.7. The minimum Gasteiger partial charge on any atom is -0.197 e. The van der Waals surface area contributed by atoms with E-state index in [9.17, 15) is 0 Å². The molecule has 0 aromatic rings. The first-order valence-electron chi connectivity index (χ1n) is 0. The van der Waals surface area contributed by atoms with Crippen LogP contribution in [-0.2, 0) is 17.1 Å². The van der Waals surface area contributed by atoms with Gasteiger partial charge in [0.2, 0.25) is 0 Å². The summed E-state index contributed by atoms with van der Waals surface area (Å²) in [5.74, 6) is 0. The van der Waals surface area contributed by atoms with Crippen molar-refractivity contribution < 1.29 is 17.1 Å². The van der Waals surface area contributed by atoms with Crippen LogP contribution in [0, 0.1) is 0 Å². The van der Waals surface area contributed by atoms with E-state index in [1.54, 1.807) is 0 Å². The number of hydrogen-bond donors (Lipinski definition) is 0. The van der Waals surface area contributed by atoms with Gasteiger partial charge in [0.05, 0.1) is 0 Å². The predicted octanol–water partition coefficient (Wildman–Crippen LogP) is -0.651. The molecular formula is H2CuSSiSn. The van der Waals surface area contributed by atoms with Crippen LogP contribution in [0.15, 0.2) is 0 Å². The fraction of sp³-hybridized carbons (Fsp3) is 0. The Morgan fingerprint density at radius 3 is 1.00 bits per heavy atom. The summed E-state index contributed by atoms with van der Waals surface area (Å²) in [6.45, 7) is 0. The first-order chi connectivity index (χ1) is 0. The molecule has 0 rings (SSSR count). The van der Waals surface area contributed by atoms with Crippen LogP contribution in [-0.4, -0.2) is 34.9 Å². The molecule has 4 heteroatoms. The molecule has 0 atom stereocenters. The van der Waals surface area contributed by atoms with E-state index < -0.39 is 0 Å². The molecule has 0 fully saturated rings.